The number of anilines is 1. The number of nitrogens with one attached hydrogen (secondary N) is 1. The molecule has 0 saturated carbocycles. The molecule has 0 aromatic heterocycles. The van der Waals surface area contributed by atoms with Crippen LogP contribution in [0.4, 0.5) is 14.5 Å². The molecule has 2 aromatic rings. The van der Waals surface area contributed by atoms with E-state index in [0.29, 0.717) is 11.3 Å². The molecule has 0 amide bonds. The summed E-state index contributed by atoms with van der Waals surface area (Å²) in [7, 11) is -4.21. The van der Waals surface area contributed by atoms with Crippen LogP contribution in [0.2, 0.25) is 5.02 Å². The topological polar surface area (TPSA) is 89.9 Å². The summed E-state index contributed by atoms with van der Waals surface area (Å²) in [6.07, 6.45) is -0.530. The molecule has 2 aromatic carbocycles. The second kappa shape index (κ2) is 9.44. The largest absolute Gasteiger partial charge is 0.396 e. The number of hydrogen-bond donors (Lipinski definition) is 3. The maximum absolute atomic E-state index is 14.6. The van der Waals surface area contributed by atoms with Crippen LogP contribution in [0, 0.1) is 17.0 Å². The minimum atomic E-state index is -4.21. The fraction of sp³-hybridized carbons (Fsp3) is 0.364. The first-order chi connectivity index (χ1) is 15.0. The SMILES string of the molecule is C=C(Nc1ccc(F)c(Cl)c1)c1ccc(F)c(S(=O)(=O)N2CCC(O)C(C)(CO)CC2)c1. The first-order valence-corrected chi connectivity index (χ1v) is 11.8. The van der Waals surface area contributed by atoms with Crippen molar-refractivity contribution in [2.45, 2.75) is 30.8 Å². The quantitative estimate of drug-likeness (QED) is 0.577. The standard InChI is InChI=1S/C22H25ClF2N2O4S/c1-14(26-16-4-6-18(24)17(23)12-16)15-3-5-19(25)20(11-15)32(30,31)27-9-7-21(29)22(2,13-28)8-10-27/h3-6,11-12,21,26,28-29H,1,7-10,13H2,2H3. The molecule has 0 bridgehead atoms. The average Bonchev–Trinajstić information content (AvgIpc) is 2.90. The highest BCUT2D eigenvalue weighted by Gasteiger charge is 2.39. The number of hydrogen-bond acceptors (Lipinski definition) is 5. The fourth-order valence-corrected chi connectivity index (χ4v) is 5.27. The molecule has 1 saturated heterocycles. The van der Waals surface area contributed by atoms with E-state index in [9.17, 15) is 27.4 Å². The second-order valence-electron chi connectivity index (χ2n) is 8.15. The van der Waals surface area contributed by atoms with Crippen molar-refractivity contribution < 1.29 is 27.4 Å². The van der Waals surface area contributed by atoms with Gasteiger partial charge in [-0.05, 0) is 54.8 Å². The Kier molecular flexibility index (Phi) is 7.26. The average molecular weight is 487 g/mol. The molecule has 0 radical (unpaired) electrons. The Morgan fingerprint density at radius 2 is 1.94 bits per heavy atom. The van der Waals surface area contributed by atoms with E-state index in [1.807, 2.05) is 0 Å². The Morgan fingerprint density at radius 1 is 1.25 bits per heavy atom. The van der Waals surface area contributed by atoms with Crippen LogP contribution in [0.3, 0.4) is 0 Å². The van der Waals surface area contributed by atoms with Crippen LogP contribution in [0.5, 0.6) is 0 Å². The monoisotopic (exact) mass is 486 g/mol. The minimum absolute atomic E-state index is 0.00394. The van der Waals surface area contributed by atoms with Gasteiger partial charge in [0.2, 0.25) is 10.0 Å². The van der Waals surface area contributed by atoms with Crippen molar-refractivity contribution in [2.24, 2.45) is 5.41 Å². The third kappa shape index (κ3) is 4.97. The van der Waals surface area contributed by atoms with Crippen LogP contribution in [0.15, 0.2) is 47.9 Å². The van der Waals surface area contributed by atoms with Crippen LogP contribution in [0.1, 0.15) is 25.3 Å². The fourth-order valence-electron chi connectivity index (χ4n) is 3.55. The highest BCUT2D eigenvalue weighted by atomic mass is 35.5. The van der Waals surface area contributed by atoms with E-state index in [1.54, 1.807) is 6.92 Å². The number of rotatable bonds is 6. The lowest BCUT2D eigenvalue weighted by Gasteiger charge is -2.30. The molecule has 1 fully saturated rings. The van der Waals surface area contributed by atoms with Crippen molar-refractivity contribution in [2.75, 3.05) is 25.0 Å². The Bertz CT molecular complexity index is 1130. The van der Waals surface area contributed by atoms with Crippen molar-refractivity contribution in [3.8, 4) is 0 Å². The van der Waals surface area contributed by atoms with Gasteiger partial charge in [-0.2, -0.15) is 4.31 Å². The predicted octanol–water partition coefficient (Wildman–Crippen LogP) is 3.85. The van der Waals surface area contributed by atoms with E-state index in [1.165, 1.54) is 30.3 Å². The summed E-state index contributed by atoms with van der Waals surface area (Å²) in [6, 6.07) is 7.56. The number of aliphatic hydroxyl groups is 2. The molecule has 2 unspecified atom stereocenters. The van der Waals surface area contributed by atoms with Crippen LogP contribution >= 0.6 is 11.6 Å². The maximum Gasteiger partial charge on any atom is 0.246 e. The molecule has 3 N–H and O–H groups in total. The first kappa shape index (κ1) is 24.6. The van der Waals surface area contributed by atoms with E-state index in [0.717, 1.165) is 10.4 Å². The first-order valence-electron chi connectivity index (χ1n) is 9.98. The van der Waals surface area contributed by atoms with E-state index in [4.69, 9.17) is 11.6 Å². The molecule has 1 heterocycles. The van der Waals surface area contributed by atoms with Crippen molar-refractivity contribution in [1.82, 2.24) is 4.31 Å². The molecule has 10 heteroatoms. The number of halogens is 3. The molecular formula is C22H25ClF2N2O4S. The van der Waals surface area contributed by atoms with Crippen molar-refractivity contribution in [1.29, 1.82) is 0 Å². The molecule has 1 aliphatic rings. The van der Waals surface area contributed by atoms with Gasteiger partial charge in [0.25, 0.3) is 0 Å². The van der Waals surface area contributed by atoms with Crippen molar-refractivity contribution >= 4 is 33.0 Å². The second-order valence-corrected chi connectivity index (χ2v) is 10.5. The van der Waals surface area contributed by atoms with Gasteiger partial charge in [-0.3, -0.25) is 0 Å². The molecule has 32 heavy (non-hydrogen) atoms. The minimum Gasteiger partial charge on any atom is -0.396 e. The molecular weight excluding hydrogens is 462 g/mol. The summed E-state index contributed by atoms with van der Waals surface area (Å²) in [5.41, 5.74) is 0.183. The van der Waals surface area contributed by atoms with E-state index < -0.39 is 38.1 Å². The molecule has 6 nitrogen and oxygen atoms in total. The normalized spacial score (nSPS) is 22.4. The van der Waals surface area contributed by atoms with Gasteiger partial charge in [-0.25, -0.2) is 17.2 Å². The number of aliphatic hydroxyl groups excluding tert-OH is 2. The zero-order valence-corrected chi connectivity index (χ0v) is 19.1. The van der Waals surface area contributed by atoms with Gasteiger partial charge in [0.05, 0.1) is 17.7 Å². The Morgan fingerprint density at radius 3 is 2.59 bits per heavy atom. The van der Waals surface area contributed by atoms with Crippen LogP contribution in [-0.4, -0.2) is 48.7 Å². The van der Waals surface area contributed by atoms with Gasteiger partial charge >= 0.3 is 0 Å². The summed E-state index contributed by atoms with van der Waals surface area (Å²) in [5.74, 6) is -1.50. The zero-order valence-electron chi connectivity index (χ0n) is 17.5. The third-order valence-electron chi connectivity index (χ3n) is 5.86. The van der Waals surface area contributed by atoms with Crippen molar-refractivity contribution in [3.63, 3.8) is 0 Å². The Labute approximate surface area is 191 Å². The summed E-state index contributed by atoms with van der Waals surface area (Å²) in [6.45, 7) is 5.28. The summed E-state index contributed by atoms with van der Waals surface area (Å²) in [4.78, 5) is -0.517. The predicted molar refractivity (Wildman–Crippen MR) is 120 cm³/mol. The Balaban J connectivity index is 1.87. The van der Waals surface area contributed by atoms with Crippen LogP contribution in [-0.2, 0) is 10.0 Å². The molecule has 0 aliphatic carbocycles. The maximum atomic E-state index is 14.6. The number of benzene rings is 2. The summed E-state index contributed by atoms with van der Waals surface area (Å²) < 4.78 is 55.5. The van der Waals surface area contributed by atoms with Gasteiger partial charge in [0.15, 0.2) is 0 Å². The molecule has 174 valence electrons. The molecule has 3 rings (SSSR count). The third-order valence-corrected chi connectivity index (χ3v) is 8.07. The van der Waals surface area contributed by atoms with Crippen LogP contribution < -0.4 is 5.32 Å². The summed E-state index contributed by atoms with van der Waals surface area (Å²) in [5, 5.41) is 22.7. The lowest BCUT2D eigenvalue weighted by molar-refractivity contribution is -0.00643. The lowest BCUT2D eigenvalue weighted by atomic mass is 9.81. The highest BCUT2D eigenvalue weighted by Crippen LogP contribution is 2.33. The van der Waals surface area contributed by atoms with Gasteiger partial charge in [-0.1, -0.05) is 25.1 Å². The Hall–Kier alpha value is -2.04. The molecule has 0 spiro atoms. The number of nitrogens with zero attached hydrogens (tertiary/aromatic N) is 1. The van der Waals surface area contributed by atoms with Crippen molar-refractivity contribution in [3.05, 3.63) is 65.2 Å². The van der Waals surface area contributed by atoms with Crippen LogP contribution in [0.25, 0.3) is 5.70 Å². The van der Waals surface area contributed by atoms with E-state index in [2.05, 4.69) is 11.9 Å². The van der Waals surface area contributed by atoms with Gasteiger partial charge in [-0.15, -0.1) is 0 Å². The molecule has 2 atom stereocenters. The van der Waals surface area contributed by atoms with Gasteiger partial charge < -0.3 is 15.5 Å². The van der Waals surface area contributed by atoms with E-state index >= 15 is 0 Å². The lowest BCUT2D eigenvalue weighted by Crippen LogP contribution is -2.35. The van der Waals surface area contributed by atoms with Gasteiger partial charge in [0.1, 0.15) is 16.5 Å². The highest BCUT2D eigenvalue weighted by molar-refractivity contribution is 7.89. The smallest absolute Gasteiger partial charge is 0.246 e. The molecule has 1 aliphatic heterocycles. The number of sulfonamides is 1. The summed E-state index contributed by atoms with van der Waals surface area (Å²) >= 11 is 5.78. The van der Waals surface area contributed by atoms with Gasteiger partial charge in [0, 0.05) is 29.9 Å². The van der Waals surface area contributed by atoms with E-state index in [-0.39, 0.29) is 43.3 Å². The zero-order chi connectivity index (χ0) is 23.7.